The zero-order chi connectivity index (χ0) is 8.91. The Morgan fingerprint density at radius 1 is 1.18 bits per heavy atom. The second-order valence-electron chi connectivity index (χ2n) is 2.55. The number of aliphatic hydroxyl groups excluding tert-OH is 2. The molecule has 1 rings (SSSR count). The summed E-state index contributed by atoms with van der Waals surface area (Å²) < 4.78 is 22.8. The van der Waals surface area contributed by atoms with Gasteiger partial charge in [-0.2, -0.15) is 4.21 Å². The highest BCUT2D eigenvalue weighted by Gasteiger charge is 2.41. The Balaban J connectivity index is 0.000000218. The van der Waals surface area contributed by atoms with E-state index in [1.807, 2.05) is 0 Å². The second-order valence-corrected chi connectivity index (χ2v) is 3.01. The summed E-state index contributed by atoms with van der Waals surface area (Å²) in [6.07, 6.45) is 2.00. The molecule has 0 amide bonds. The monoisotopic (exact) mass is 184 g/mol. The molecule has 6 heteroatoms. The summed E-state index contributed by atoms with van der Waals surface area (Å²) in [7, 11) is 0. The Hall–Kier alpha value is -0.0100. The lowest BCUT2D eigenvalue weighted by molar-refractivity contribution is 0.134. The predicted molar refractivity (Wildman–Crippen MR) is 39.2 cm³/mol. The second kappa shape index (κ2) is 4.78. The van der Waals surface area contributed by atoms with Gasteiger partial charge in [0.1, 0.15) is 0 Å². The van der Waals surface area contributed by atoms with Crippen LogP contribution in [0.4, 0.5) is 0 Å². The highest BCUT2D eigenvalue weighted by molar-refractivity contribution is 7.73. The van der Waals surface area contributed by atoms with Gasteiger partial charge < -0.3 is 10.2 Å². The van der Waals surface area contributed by atoms with Crippen LogP contribution in [0.3, 0.4) is 0 Å². The molecule has 0 aromatic carbocycles. The Labute approximate surface area is 67.2 Å². The first-order valence-corrected chi connectivity index (χ1v) is 4.14. The maximum atomic E-state index is 8.67. The average molecular weight is 184 g/mol. The van der Waals surface area contributed by atoms with E-state index in [-0.39, 0.29) is 18.6 Å². The van der Waals surface area contributed by atoms with Crippen molar-refractivity contribution >= 4 is 11.4 Å². The third-order valence-electron chi connectivity index (χ3n) is 1.63. The molecule has 0 saturated heterocycles. The Morgan fingerprint density at radius 2 is 1.45 bits per heavy atom. The van der Waals surface area contributed by atoms with Crippen LogP contribution in [0.1, 0.15) is 12.8 Å². The van der Waals surface area contributed by atoms with E-state index < -0.39 is 11.4 Å². The van der Waals surface area contributed by atoms with Crippen LogP contribution < -0.4 is 0 Å². The molecule has 1 fully saturated rings. The summed E-state index contributed by atoms with van der Waals surface area (Å²) in [6, 6.07) is 0. The van der Waals surface area contributed by atoms with Gasteiger partial charge in [0.05, 0.1) is 13.2 Å². The molecule has 1 aliphatic carbocycles. The van der Waals surface area contributed by atoms with E-state index in [9.17, 15) is 0 Å². The average Bonchev–Trinajstić information content (AvgIpc) is 2.66. The number of aliphatic hydroxyl groups is 2. The molecule has 0 unspecified atom stereocenters. The van der Waals surface area contributed by atoms with Crippen LogP contribution in [-0.4, -0.2) is 36.7 Å². The highest BCUT2D eigenvalue weighted by atomic mass is 32.2. The van der Waals surface area contributed by atoms with Gasteiger partial charge in [-0.3, -0.25) is 9.11 Å². The quantitative estimate of drug-likeness (QED) is 0.431. The lowest BCUT2D eigenvalue weighted by atomic mass is 10.1. The van der Waals surface area contributed by atoms with Gasteiger partial charge in [-0.25, -0.2) is 0 Å². The summed E-state index contributed by atoms with van der Waals surface area (Å²) in [5.74, 6) is 0. The van der Waals surface area contributed by atoms with E-state index >= 15 is 0 Å². The molecule has 1 aliphatic rings. The number of hydrogen-bond donors (Lipinski definition) is 4. The fourth-order valence-electron chi connectivity index (χ4n) is 0.543. The SMILES string of the molecule is O=S(O)O.OCC1(CO)CC1. The van der Waals surface area contributed by atoms with Crippen molar-refractivity contribution in [2.75, 3.05) is 13.2 Å². The van der Waals surface area contributed by atoms with Crippen LogP contribution in [0.15, 0.2) is 0 Å². The number of hydrogen-bond acceptors (Lipinski definition) is 3. The molecule has 68 valence electrons. The van der Waals surface area contributed by atoms with Crippen LogP contribution in [0.5, 0.6) is 0 Å². The predicted octanol–water partition coefficient (Wildman–Crippen LogP) is -0.568. The molecular formula is C5H12O5S. The van der Waals surface area contributed by atoms with E-state index in [0.717, 1.165) is 12.8 Å². The van der Waals surface area contributed by atoms with Crippen molar-refractivity contribution in [1.29, 1.82) is 0 Å². The number of rotatable bonds is 2. The molecule has 0 heterocycles. The Bertz CT molecular complexity index is 123. The molecule has 0 aromatic rings. The van der Waals surface area contributed by atoms with E-state index in [2.05, 4.69) is 0 Å². The lowest BCUT2D eigenvalue weighted by Gasteiger charge is -2.02. The van der Waals surface area contributed by atoms with Crippen LogP contribution >= 0.6 is 0 Å². The first-order valence-electron chi connectivity index (χ1n) is 3.08. The maximum Gasteiger partial charge on any atom is 0.299 e. The first kappa shape index (κ1) is 11.0. The van der Waals surface area contributed by atoms with Gasteiger partial charge in [0.15, 0.2) is 0 Å². The zero-order valence-corrected chi connectivity index (χ0v) is 6.75. The summed E-state index contributed by atoms with van der Waals surface area (Å²) in [5.41, 5.74) is -0.0556. The van der Waals surface area contributed by atoms with Crippen molar-refractivity contribution in [3.63, 3.8) is 0 Å². The van der Waals surface area contributed by atoms with Gasteiger partial charge in [-0.05, 0) is 12.8 Å². The van der Waals surface area contributed by atoms with Gasteiger partial charge >= 0.3 is 0 Å². The maximum absolute atomic E-state index is 8.67. The van der Waals surface area contributed by atoms with Crippen molar-refractivity contribution < 1.29 is 23.5 Å². The topological polar surface area (TPSA) is 98.0 Å². The van der Waals surface area contributed by atoms with Crippen molar-refractivity contribution in [3.8, 4) is 0 Å². The third-order valence-corrected chi connectivity index (χ3v) is 1.63. The molecule has 0 atom stereocenters. The van der Waals surface area contributed by atoms with Crippen molar-refractivity contribution in [2.24, 2.45) is 5.41 Å². The van der Waals surface area contributed by atoms with Gasteiger partial charge in [0.25, 0.3) is 11.4 Å². The van der Waals surface area contributed by atoms with E-state index in [0.29, 0.717) is 0 Å². The van der Waals surface area contributed by atoms with Crippen molar-refractivity contribution in [3.05, 3.63) is 0 Å². The van der Waals surface area contributed by atoms with Crippen LogP contribution in [-0.2, 0) is 11.4 Å². The van der Waals surface area contributed by atoms with Crippen LogP contribution in [0.2, 0.25) is 0 Å². The molecule has 0 bridgehead atoms. The molecule has 5 nitrogen and oxygen atoms in total. The molecule has 4 N–H and O–H groups in total. The minimum absolute atomic E-state index is 0.0556. The summed E-state index contributed by atoms with van der Waals surface area (Å²) >= 11 is -2.61. The smallest absolute Gasteiger partial charge is 0.299 e. The van der Waals surface area contributed by atoms with Crippen molar-refractivity contribution in [2.45, 2.75) is 12.8 Å². The summed E-state index contributed by atoms with van der Waals surface area (Å²) in [4.78, 5) is 0. The molecule has 1 saturated carbocycles. The normalized spacial score (nSPS) is 19.0. The molecular weight excluding hydrogens is 172 g/mol. The van der Waals surface area contributed by atoms with Crippen molar-refractivity contribution in [1.82, 2.24) is 0 Å². The van der Waals surface area contributed by atoms with Gasteiger partial charge in [0, 0.05) is 5.41 Å². The molecule has 0 spiro atoms. The fourth-order valence-corrected chi connectivity index (χ4v) is 0.543. The Kier molecular flexibility index (Phi) is 4.78. The van der Waals surface area contributed by atoms with E-state index in [1.165, 1.54) is 0 Å². The largest absolute Gasteiger partial charge is 0.396 e. The Morgan fingerprint density at radius 3 is 1.45 bits per heavy atom. The fraction of sp³-hybridized carbons (Fsp3) is 1.00. The molecule has 0 aliphatic heterocycles. The van der Waals surface area contributed by atoms with Gasteiger partial charge in [-0.15, -0.1) is 0 Å². The van der Waals surface area contributed by atoms with E-state index in [4.69, 9.17) is 23.5 Å². The third kappa shape index (κ3) is 5.28. The van der Waals surface area contributed by atoms with Crippen LogP contribution in [0.25, 0.3) is 0 Å². The molecule has 0 aromatic heterocycles. The highest BCUT2D eigenvalue weighted by Crippen LogP contribution is 2.43. The van der Waals surface area contributed by atoms with Gasteiger partial charge in [-0.1, -0.05) is 0 Å². The lowest BCUT2D eigenvalue weighted by Crippen LogP contribution is -2.10. The minimum atomic E-state index is -2.61. The van der Waals surface area contributed by atoms with Gasteiger partial charge in [0.2, 0.25) is 0 Å². The standard InChI is InChI=1S/C5H10O2.H2O3S/c6-3-5(4-7)1-2-5;1-4(2)3/h6-7H,1-4H2;(H2,1,2,3). The van der Waals surface area contributed by atoms with E-state index in [1.54, 1.807) is 0 Å². The summed E-state index contributed by atoms with van der Waals surface area (Å²) in [5, 5.41) is 17.0. The molecule has 11 heavy (non-hydrogen) atoms. The minimum Gasteiger partial charge on any atom is -0.396 e. The van der Waals surface area contributed by atoms with Crippen LogP contribution in [0, 0.1) is 5.41 Å². The zero-order valence-electron chi connectivity index (χ0n) is 5.93. The first-order chi connectivity index (χ1) is 5.06. The molecule has 0 radical (unpaired) electrons. The summed E-state index contributed by atoms with van der Waals surface area (Å²) in [6.45, 7) is 0.312.